The van der Waals surface area contributed by atoms with Crippen LogP contribution in [-0.4, -0.2) is 6.18 Å². The Morgan fingerprint density at radius 2 is 1.12 bits per heavy atom. The molecule has 0 nitrogen and oxygen atoms in total. The standard InChI is InChI=1S/C22H39F3/c1-2-3-4-5-6-7-18-8-12-20(13-9-18)21-14-10-19(11-15-21)16-17-22(23,24)25/h18-21H,2-17H2,1H3/t18-,19-,20-,21-. The Morgan fingerprint density at radius 3 is 1.60 bits per heavy atom. The van der Waals surface area contributed by atoms with Crippen LogP contribution in [-0.2, 0) is 0 Å². The molecule has 0 radical (unpaired) electrons. The van der Waals surface area contributed by atoms with Crippen molar-refractivity contribution in [2.45, 2.75) is 116 Å². The summed E-state index contributed by atoms with van der Waals surface area (Å²) >= 11 is 0. The second-order valence-electron chi connectivity index (χ2n) is 8.92. The average Bonchev–Trinajstić information content (AvgIpc) is 2.60. The number of halogens is 3. The van der Waals surface area contributed by atoms with Crippen molar-refractivity contribution in [3.05, 3.63) is 0 Å². The fraction of sp³-hybridized carbons (Fsp3) is 1.00. The van der Waals surface area contributed by atoms with Crippen LogP contribution in [0.4, 0.5) is 13.2 Å². The molecule has 0 aromatic heterocycles. The van der Waals surface area contributed by atoms with Crippen molar-refractivity contribution in [2.24, 2.45) is 23.7 Å². The van der Waals surface area contributed by atoms with Gasteiger partial charge < -0.3 is 0 Å². The monoisotopic (exact) mass is 360 g/mol. The van der Waals surface area contributed by atoms with E-state index in [0.717, 1.165) is 30.6 Å². The minimum Gasteiger partial charge on any atom is -0.171 e. The number of alkyl halides is 3. The average molecular weight is 361 g/mol. The molecule has 0 atom stereocenters. The van der Waals surface area contributed by atoms with Crippen LogP contribution in [0.25, 0.3) is 0 Å². The number of hydrogen-bond donors (Lipinski definition) is 0. The van der Waals surface area contributed by atoms with Crippen LogP contribution >= 0.6 is 0 Å². The van der Waals surface area contributed by atoms with Crippen molar-refractivity contribution in [3.8, 4) is 0 Å². The van der Waals surface area contributed by atoms with Crippen LogP contribution < -0.4 is 0 Å². The van der Waals surface area contributed by atoms with E-state index in [9.17, 15) is 13.2 Å². The fourth-order valence-electron chi connectivity index (χ4n) is 5.30. The van der Waals surface area contributed by atoms with Crippen LogP contribution in [0.15, 0.2) is 0 Å². The van der Waals surface area contributed by atoms with E-state index < -0.39 is 12.6 Å². The first kappa shape index (κ1) is 21.1. The van der Waals surface area contributed by atoms with E-state index in [1.165, 1.54) is 77.0 Å². The lowest BCUT2D eigenvalue weighted by atomic mass is 9.68. The molecule has 0 spiro atoms. The Bertz CT molecular complexity index is 334. The minimum atomic E-state index is -3.97. The third-order valence-corrected chi connectivity index (χ3v) is 7.00. The lowest BCUT2D eigenvalue weighted by Gasteiger charge is -2.38. The van der Waals surface area contributed by atoms with Gasteiger partial charge in [-0.1, -0.05) is 71.1 Å². The van der Waals surface area contributed by atoms with Crippen molar-refractivity contribution in [2.75, 3.05) is 0 Å². The largest absolute Gasteiger partial charge is 0.389 e. The molecular weight excluding hydrogens is 321 g/mol. The fourth-order valence-corrected chi connectivity index (χ4v) is 5.30. The molecule has 2 saturated carbocycles. The van der Waals surface area contributed by atoms with Gasteiger partial charge in [0.2, 0.25) is 0 Å². The Morgan fingerprint density at radius 1 is 0.640 bits per heavy atom. The van der Waals surface area contributed by atoms with E-state index in [0.29, 0.717) is 12.3 Å². The maximum Gasteiger partial charge on any atom is 0.389 e. The maximum absolute atomic E-state index is 12.4. The highest BCUT2D eigenvalue weighted by molar-refractivity contribution is 4.82. The summed E-state index contributed by atoms with van der Waals surface area (Å²) in [6.45, 7) is 2.27. The van der Waals surface area contributed by atoms with Gasteiger partial charge in [-0.2, -0.15) is 13.2 Å². The van der Waals surface area contributed by atoms with Crippen LogP contribution in [0.2, 0.25) is 0 Å². The molecule has 0 N–H and O–H groups in total. The SMILES string of the molecule is CCCCCCC[C@H]1CC[C@H]([C@H]2CC[C@H](CCC(F)(F)F)CC2)CC1. The molecule has 0 aromatic rings. The summed E-state index contributed by atoms with van der Waals surface area (Å²) in [5.41, 5.74) is 0. The molecule has 0 aliphatic heterocycles. The van der Waals surface area contributed by atoms with Gasteiger partial charge in [-0.15, -0.1) is 0 Å². The van der Waals surface area contributed by atoms with Gasteiger partial charge in [-0.05, 0) is 55.8 Å². The van der Waals surface area contributed by atoms with Gasteiger partial charge in [0.05, 0.1) is 0 Å². The van der Waals surface area contributed by atoms with E-state index >= 15 is 0 Å². The summed E-state index contributed by atoms with van der Waals surface area (Å²) in [5, 5.41) is 0. The molecule has 2 aliphatic rings. The lowest BCUT2D eigenvalue weighted by Crippen LogP contribution is -2.26. The molecule has 2 fully saturated rings. The van der Waals surface area contributed by atoms with Crippen LogP contribution in [0.3, 0.4) is 0 Å². The lowest BCUT2D eigenvalue weighted by molar-refractivity contribution is -0.138. The van der Waals surface area contributed by atoms with Gasteiger partial charge in [0.1, 0.15) is 0 Å². The summed E-state index contributed by atoms with van der Waals surface area (Å²) in [4.78, 5) is 0. The first-order chi connectivity index (χ1) is 12.0. The first-order valence-corrected chi connectivity index (χ1v) is 11.0. The summed E-state index contributed by atoms with van der Waals surface area (Å²) < 4.78 is 37.1. The molecule has 0 unspecified atom stereocenters. The van der Waals surface area contributed by atoms with E-state index in [-0.39, 0.29) is 0 Å². The second-order valence-corrected chi connectivity index (χ2v) is 8.92. The van der Waals surface area contributed by atoms with Crippen molar-refractivity contribution in [1.29, 1.82) is 0 Å². The highest BCUT2D eigenvalue weighted by Gasteiger charge is 2.33. The molecule has 0 amide bonds. The molecule has 0 bridgehead atoms. The zero-order chi connectivity index (χ0) is 18.1. The first-order valence-electron chi connectivity index (χ1n) is 11.0. The van der Waals surface area contributed by atoms with Gasteiger partial charge >= 0.3 is 6.18 Å². The molecule has 0 saturated heterocycles. The van der Waals surface area contributed by atoms with Crippen molar-refractivity contribution in [3.63, 3.8) is 0 Å². The molecule has 2 aliphatic carbocycles. The molecular formula is C22H39F3. The predicted molar refractivity (Wildman–Crippen MR) is 99.6 cm³/mol. The normalized spacial score (nSPS) is 31.2. The van der Waals surface area contributed by atoms with Crippen LogP contribution in [0.1, 0.15) is 110 Å². The van der Waals surface area contributed by atoms with E-state index in [1.807, 2.05) is 0 Å². The molecule has 3 heteroatoms. The van der Waals surface area contributed by atoms with Gasteiger partial charge in [0, 0.05) is 6.42 Å². The van der Waals surface area contributed by atoms with Crippen molar-refractivity contribution in [1.82, 2.24) is 0 Å². The van der Waals surface area contributed by atoms with Crippen molar-refractivity contribution < 1.29 is 13.2 Å². The third-order valence-electron chi connectivity index (χ3n) is 7.00. The maximum atomic E-state index is 12.4. The summed E-state index contributed by atoms with van der Waals surface area (Å²) in [5.74, 6) is 2.98. The van der Waals surface area contributed by atoms with Crippen molar-refractivity contribution >= 4 is 0 Å². The van der Waals surface area contributed by atoms with E-state index in [2.05, 4.69) is 6.92 Å². The highest BCUT2D eigenvalue weighted by Crippen LogP contribution is 2.43. The van der Waals surface area contributed by atoms with Gasteiger partial charge in [-0.25, -0.2) is 0 Å². The number of hydrogen-bond acceptors (Lipinski definition) is 0. The molecule has 148 valence electrons. The molecule has 25 heavy (non-hydrogen) atoms. The summed E-state index contributed by atoms with van der Waals surface area (Å²) in [6.07, 6.45) is 14.2. The highest BCUT2D eigenvalue weighted by atomic mass is 19.4. The van der Waals surface area contributed by atoms with Crippen LogP contribution in [0, 0.1) is 23.7 Å². The zero-order valence-electron chi connectivity index (χ0n) is 16.3. The quantitative estimate of drug-likeness (QED) is 0.363. The topological polar surface area (TPSA) is 0 Å². The Kier molecular flexibility index (Phi) is 9.13. The second kappa shape index (κ2) is 10.8. The minimum absolute atomic E-state index is 0.331. The predicted octanol–water partition coefficient (Wildman–Crippen LogP) is 8.30. The molecule has 0 heterocycles. The van der Waals surface area contributed by atoms with Gasteiger partial charge in [-0.3, -0.25) is 0 Å². The van der Waals surface area contributed by atoms with E-state index in [1.54, 1.807) is 0 Å². The summed E-state index contributed by atoms with van der Waals surface area (Å²) in [6, 6.07) is 0. The number of rotatable bonds is 9. The summed E-state index contributed by atoms with van der Waals surface area (Å²) in [7, 11) is 0. The third kappa shape index (κ3) is 8.35. The van der Waals surface area contributed by atoms with Crippen LogP contribution in [0.5, 0.6) is 0 Å². The smallest absolute Gasteiger partial charge is 0.171 e. The van der Waals surface area contributed by atoms with Gasteiger partial charge in [0.25, 0.3) is 0 Å². The Hall–Kier alpha value is -0.210. The number of unbranched alkanes of at least 4 members (excludes halogenated alkanes) is 4. The van der Waals surface area contributed by atoms with Gasteiger partial charge in [0.15, 0.2) is 0 Å². The van der Waals surface area contributed by atoms with E-state index in [4.69, 9.17) is 0 Å². The Balaban J connectivity index is 1.56. The molecule has 0 aromatic carbocycles. The molecule has 2 rings (SSSR count). The zero-order valence-corrected chi connectivity index (χ0v) is 16.3. The Labute approximate surface area is 153 Å².